The lowest BCUT2D eigenvalue weighted by atomic mass is 9.67. The van der Waals surface area contributed by atoms with Gasteiger partial charge in [-0.25, -0.2) is 0 Å². The van der Waals surface area contributed by atoms with Gasteiger partial charge in [-0.3, -0.25) is 0 Å². The van der Waals surface area contributed by atoms with Crippen molar-refractivity contribution in [2.24, 2.45) is 11.3 Å². The molecule has 4 aliphatic rings. The molecule has 3 aliphatic heterocycles. The molecule has 1 saturated carbocycles. The van der Waals surface area contributed by atoms with Crippen LogP contribution in [-0.4, -0.2) is 86.7 Å². The predicted octanol–water partition coefficient (Wildman–Crippen LogP) is 1.48. The first-order valence-corrected chi connectivity index (χ1v) is 10.1. The molecule has 132 valence electrons. The molecule has 0 aromatic rings. The van der Waals surface area contributed by atoms with Crippen LogP contribution in [0, 0.1) is 11.3 Å². The monoisotopic (exact) mass is 320 g/mol. The molecule has 0 amide bonds. The minimum Gasteiger partial charge on any atom is -0.314 e. The molecule has 0 bridgehead atoms. The molecule has 0 unspecified atom stereocenters. The molecule has 0 atom stereocenters. The minimum absolute atomic E-state index is 0.728. The van der Waals surface area contributed by atoms with E-state index in [-0.39, 0.29) is 0 Å². The maximum Gasteiger partial charge on any atom is 0.0107 e. The number of rotatable bonds is 3. The first-order chi connectivity index (χ1) is 11.2. The van der Waals surface area contributed by atoms with Gasteiger partial charge in [0.1, 0.15) is 0 Å². The van der Waals surface area contributed by atoms with Crippen molar-refractivity contribution in [3.05, 3.63) is 0 Å². The average molecular weight is 321 g/mol. The summed E-state index contributed by atoms with van der Waals surface area (Å²) in [6, 6.07) is 0.909. The molecule has 4 fully saturated rings. The molecule has 4 nitrogen and oxygen atoms in total. The lowest BCUT2D eigenvalue weighted by Gasteiger charge is -2.54. The van der Waals surface area contributed by atoms with E-state index in [1.54, 1.807) is 0 Å². The number of hydrogen-bond acceptors (Lipinski definition) is 4. The summed E-state index contributed by atoms with van der Waals surface area (Å²) in [4.78, 5) is 8.04. The highest BCUT2D eigenvalue weighted by molar-refractivity contribution is 4.98. The molecule has 0 radical (unpaired) electrons. The molecule has 4 heteroatoms. The first-order valence-electron chi connectivity index (χ1n) is 10.1. The Balaban J connectivity index is 1.18. The molecule has 1 aliphatic carbocycles. The smallest absolute Gasteiger partial charge is 0.0107 e. The Bertz CT molecular complexity index is 369. The Hall–Kier alpha value is -0.160. The van der Waals surface area contributed by atoms with Crippen LogP contribution in [-0.2, 0) is 0 Å². The fourth-order valence-corrected chi connectivity index (χ4v) is 5.75. The molecule has 3 heterocycles. The summed E-state index contributed by atoms with van der Waals surface area (Å²) >= 11 is 0. The molecule has 23 heavy (non-hydrogen) atoms. The zero-order valence-electron chi connectivity index (χ0n) is 15.1. The van der Waals surface area contributed by atoms with Gasteiger partial charge >= 0.3 is 0 Å². The Labute approximate surface area is 142 Å². The van der Waals surface area contributed by atoms with Gasteiger partial charge in [0.25, 0.3) is 0 Å². The van der Waals surface area contributed by atoms with Gasteiger partial charge in [0.2, 0.25) is 0 Å². The van der Waals surface area contributed by atoms with Gasteiger partial charge in [0.05, 0.1) is 0 Å². The number of nitrogens with one attached hydrogen (secondary N) is 1. The van der Waals surface area contributed by atoms with E-state index in [2.05, 4.69) is 27.1 Å². The van der Waals surface area contributed by atoms with Crippen LogP contribution in [0.5, 0.6) is 0 Å². The number of likely N-dealkylation sites (tertiary alicyclic amines) is 2. The summed E-state index contributed by atoms with van der Waals surface area (Å²) in [6.07, 6.45) is 8.79. The summed E-state index contributed by atoms with van der Waals surface area (Å²) in [5, 5.41) is 3.47. The van der Waals surface area contributed by atoms with Crippen LogP contribution in [0.1, 0.15) is 38.5 Å². The first kappa shape index (κ1) is 16.3. The Morgan fingerprint density at radius 1 is 0.913 bits per heavy atom. The van der Waals surface area contributed by atoms with Crippen LogP contribution >= 0.6 is 0 Å². The minimum atomic E-state index is 0.728. The quantitative estimate of drug-likeness (QED) is 0.850. The van der Waals surface area contributed by atoms with Crippen molar-refractivity contribution in [1.29, 1.82) is 0 Å². The Morgan fingerprint density at radius 3 is 2.17 bits per heavy atom. The van der Waals surface area contributed by atoms with Gasteiger partial charge < -0.3 is 20.0 Å². The summed E-state index contributed by atoms with van der Waals surface area (Å²) in [5.41, 5.74) is 0.728. The van der Waals surface area contributed by atoms with Crippen LogP contribution in [0.15, 0.2) is 0 Å². The van der Waals surface area contributed by atoms with Crippen LogP contribution < -0.4 is 5.32 Å². The molecule has 0 aromatic heterocycles. The maximum atomic E-state index is 3.47. The topological polar surface area (TPSA) is 21.8 Å². The number of hydrogen-bond donors (Lipinski definition) is 1. The van der Waals surface area contributed by atoms with Gasteiger partial charge in [0.15, 0.2) is 0 Å². The third-order valence-corrected chi connectivity index (χ3v) is 7.12. The van der Waals surface area contributed by atoms with Crippen molar-refractivity contribution in [2.45, 2.75) is 44.6 Å². The molecule has 1 spiro atoms. The van der Waals surface area contributed by atoms with Crippen molar-refractivity contribution >= 4 is 0 Å². The highest BCUT2D eigenvalue weighted by atomic mass is 15.2. The summed E-state index contributed by atoms with van der Waals surface area (Å²) in [6.45, 7) is 11.7. The normalized spacial score (nSPS) is 32.2. The Morgan fingerprint density at radius 2 is 1.57 bits per heavy atom. The van der Waals surface area contributed by atoms with Gasteiger partial charge in [-0.2, -0.15) is 0 Å². The molecule has 3 saturated heterocycles. The molecule has 4 rings (SSSR count). The molecular formula is C19H36N4. The molecule has 1 N–H and O–H groups in total. The summed E-state index contributed by atoms with van der Waals surface area (Å²) in [5.74, 6) is 0.958. The highest BCUT2D eigenvalue weighted by Crippen LogP contribution is 2.44. The van der Waals surface area contributed by atoms with Crippen molar-refractivity contribution in [1.82, 2.24) is 20.0 Å². The summed E-state index contributed by atoms with van der Waals surface area (Å²) in [7, 11) is 2.28. The van der Waals surface area contributed by atoms with E-state index in [1.807, 2.05) is 0 Å². The Kier molecular flexibility index (Phi) is 4.96. The SMILES string of the molecule is CN1CC2(CCC(N3CCC(CN4CCNCC4)CC3)CC2)C1. The van der Waals surface area contributed by atoms with Crippen LogP contribution in [0.3, 0.4) is 0 Å². The lowest BCUT2D eigenvalue weighted by Crippen LogP contribution is -2.57. The molecular weight excluding hydrogens is 284 g/mol. The number of piperazine rings is 1. The van der Waals surface area contributed by atoms with E-state index in [0.717, 1.165) is 17.4 Å². The van der Waals surface area contributed by atoms with Crippen LogP contribution in [0.4, 0.5) is 0 Å². The largest absolute Gasteiger partial charge is 0.314 e. The standard InChI is InChI=1S/C19H36N4/c1-21-15-19(16-21)6-2-18(3-7-19)23-10-4-17(5-11-23)14-22-12-8-20-9-13-22/h17-18,20H,2-16H2,1H3. The maximum absolute atomic E-state index is 3.47. The van der Waals surface area contributed by atoms with E-state index in [9.17, 15) is 0 Å². The van der Waals surface area contributed by atoms with E-state index >= 15 is 0 Å². The lowest BCUT2D eigenvalue weighted by molar-refractivity contribution is -0.0348. The van der Waals surface area contributed by atoms with Crippen molar-refractivity contribution in [3.8, 4) is 0 Å². The van der Waals surface area contributed by atoms with Crippen molar-refractivity contribution in [3.63, 3.8) is 0 Å². The predicted molar refractivity (Wildman–Crippen MR) is 95.8 cm³/mol. The van der Waals surface area contributed by atoms with E-state index in [4.69, 9.17) is 0 Å². The second-order valence-corrected chi connectivity index (χ2v) is 8.93. The average Bonchev–Trinajstić information content (AvgIpc) is 2.56. The fourth-order valence-electron chi connectivity index (χ4n) is 5.75. The number of piperidine rings is 1. The van der Waals surface area contributed by atoms with Gasteiger partial charge in [-0.1, -0.05) is 0 Å². The van der Waals surface area contributed by atoms with Gasteiger partial charge in [-0.15, -0.1) is 0 Å². The summed E-state index contributed by atoms with van der Waals surface area (Å²) < 4.78 is 0. The van der Waals surface area contributed by atoms with Crippen LogP contribution in [0.25, 0.3) is 0 Å². The zero-order valence-corrected chi connectivity index (χ0v) is 15.1. The third kappa shape index (κ3) is 3.76. The van der Waals surface area contributed by atoms with E-state index < -0.39 is 0 Å². The molecule has 0 aromatic carbocycles. The van der Waals surface area contributed by atoms with Crippen molar-refractivity contribution < 1.29 is 0 Å². The van der Waals surface area contributed by atoms with Gasteiger partial charge in [0, 0.05) is 51.9 Å². The number of nitrogens with zero attached hydrogens (tertiary/aromatic N) is 3. The van der Waals surface area contributed by atoms with Crippen LogP contribution in [0.2, 0.25) is 0 Å². The van der Waals surface area contributed by atoms with Gasteiger partial charge in [-0.05, 0) is 70.0 Å². The van der Waals surface area contributed by atoms with Crippen molar-refractivity contribution in [2.75, 3.05) is 66.0 Å². The second-order valence-electron chi connectivity index (χ2n) is 8.93. The highest BCUT2D eigenvalue weighted by Gasteiger charge is 2.44. The van der Waals surface area contributed by atoms with E-state index in [1.165, 1.54) is 97.4 Å². The second kappa shape index (κ2) is 6.99. The fraction of sp³-hybridized carbons (Fsp3) is 1.00. The van der Waals surface area contributed by atoms with E-state index in [0.29, 0.717) is 0 Å². The third-order valence-electron chi connectivity index (χ3n) is 7.12. The zero-order chi connectivity index (χ0) is 15.7.